The highest BCUT2D eigenvalue weighted by Crippen LogP contribution is 2.28. The highest BCUT2D eigenvalue weighted by atomic mass is 32.1. The highest BCUT2D eigenvalue weighted by molar-refractivity contribution is 7.09. The Morgan fingerprint density at radius 3 is 2.94 bits per heavy atom. The van der Waals surface area contributed by atoms with Crippen molar-refractivity contribution in [3.63, 3.8) is 0 Å². The van der Waals surface area contributed by atoms with Crippen LogP contribution in [0.2, 0.25) is 0 Å². The summed E-state index contributed by atoms with van der Waals surface area (Å²) in [6.07, 6.45) is 1.24. The zero-order valence-corrected chi connectivity index (χ0v) is 11.7. The van der Waals surface area contributed by atoms with Crippen molar-refractivity contribution in [1.29, 1.82) is 0 Å². The maximum atomic E-state index is 4.37. The average molecular weight is 251 g/mol. The topological polar surface area (TPSA) is 27.6 Å². The molecule has 0 unspecified atom stereocenters. The van der Waals surface area contributed by atoms with Gasteiger partial charge in [0.15, 0.2) is 5.96 Å². The molecule has 1 N–H and O–H groups in total. The molecule has 0 amide bonds. The van der Waals surface area contributed by atoms with Gasteiger partial charge in [-0.15, -0.1) is 11.3 Å². The van der Waals surface area contributed by atoms with Crippen molar-refractivity contribution < 1.29 is 0 Å². The van der Waals surface area contributed by atoms with Crippen molar-refractivity contribution in [2.45, 2.75) is 26.8 Å². The Bertz CT molecular complexity index is 381. The average Bonchev–Trinajstić information content (AvgIpc) is 2.89. The van der Waals surface area contributed by atoms with Gasteiger partial charge in [0.05, 0.1) is 6.54 Å². The second-order valence-electron chi connectivity index (χ2n) is 5.32. The van der Waals surface area contributed by atoms with Crippen LogP contribution in [0.4, 0.5) is 0 Å². The van der Waals surface area contributed by atoms with Crippen molar-refractivity contribution in [1.82, 2.24) is 10.2 Å². The molecule has 0 radical (unpaired) electrons. The summed E-state index contributed by atoms with van der Waals surface area (Å²) in [6, 6.07) is 4.24. The molecular weight excluding hydrogens is 230 g/mol. The molecule has 0 spiro atoms. The van der Waals surface area contributed by atoms with Gasteiger partial charge in [-0.25, -0.2) is 0 Å². The van der Waals surface area contributed by atoms with Gasteiger partial charge in [0.1, 0.15) is 0 Å². The lowest BCUT2D eigenvalue weighted by molar-refractivity contribution is 0.370. The number of thiophene rings is 1. The van der Waals surface area contributed by atoms with E-state index in [0.717, 1.165) is 25.6 Å². The van der Waals surface area contributed by atoms with E-state index in [1.807, 2.05) is 7.05 Å². The predicted octanol–water partition coefficient (Wildman–Crippen LogP) is 2.56. The summed E-state index contributed by atoms with van der Waals surface area (Å²) in [5, 5.41) is 5.55. The molecule has 1 saturated heterocycles. The number of nitrogens with zero attached hydrogens (tertiary/aromatic N) is 2. The second kappa shape index (κ2) is 5.08. The zero-order valence-electron chi connectivity index (χ0n) is 10.9. The van der Waals surface area contributed by atoms with Gasteiger partial charge in [0.25, 0.3) is 0 Å². The maximum Gasteiger partial charge on any atom is 0.193 e. The van der Waals surface area contributed by atoms with E-state index in [0.29, 0.717) is 5.41 Å². The lowest BCUT2D eigenvalue weighted by Crippen LogP contribution is -2.40. The van der Waals surface area contributed by atoms with Crippen LogP contribution in [0.15, 0.2) is 22.5 Å². The minimum atomic E-state index is 0.417. The van der Waals surface area contributed by atoms with Gasteiger partial charge in [-0.3, -0.25) is 4.99 Å². The normalized spacial score (nSPS) is 19.7. The van der Waals surface area contributed by atoms with Crippen molar-refractivity contribution in [3.05, 3.63) is 22.4 Å². The molecule has 1 aromatic heterocycles. The van der Waals surface area contributed by atoms with Crippen molar-refractivity contribution >= 4 is 17.3 Å². The number of likely N-dealkylation sites (tertiary alicyclic amines) is 1. The Balaban J connectivity index is 1.90. The number of aliphatic imine (C=N–C) groups is 1. The molecule has 0 bridgehead atoms. The molecule has 0 saturated carbocycles. The Morgan fingerprint density at radius 1 is 1.59 bits per heavy atom. The van der Waals surface area contributed by atoms with E-state index in [-0.39, 0.29) is 0 Å². The molecule has 1 aliphatic rings. The Hall–Kier alpha value is -1.03. The van der Waals surface area contributed by atoms with Crippen LogP contribution < -0.4 is 5.32 Å². The second-order valence-corrected chi connectivity index (χ2v) is 6.35. The highest BCUT2D eigenvalue weighted by Gasteiger charge is 2.30. The first kappa shape index (κ1) is 12.4. The monoisotopic (exact) mass is 251 g/mol. The molecule has 0 atom stereocenters. The standard InChI is InChI=1S/C13H21N3S/c1-13(2)6-7-16(10-13)12(14-3)15-9-11-5-4-8-17-11/h4-5,8H,6-7,9-10H2,1-3H3,(H,14,15). The fourth-order valence-electron chi connectivity index (χ4n) is 2.20. The number of nitrogens with one attached hydrogen (secondary N) is 1. The molecule has 2 heterocycles. The van der Waals surface area contributed by atoms with E-state index in [4.69, 9.17) is 0 Å². The molecule has 17 heavy (non-hydrogen) atoms. The number of hydrogen-bond donors (Lipinski definition) is 1. The molecule has 3 nitrogen and oxygen atoms in total. The first-order chi connectivity index (χ1) is 8.11. The van der Waals surface area contributed by atoms with E-state index in [9.17, 15) is 0 Å². The van der Waals surface area contributed by atoms with E-state index in [1.54, 1.807) is 11.3 Å². The Morgan fingerprint density at radius 2 is 2.41 bits per heavy atom. The van der Waals surface area contributed by atoms with Crippen LogP contribution in [-0.4, -0.2) is 31.0 Å². The van der Waals surface area contributed by atoms with Gasteiger partial charge in [-0.05, 0) is 23.3 Å². The molecule has 1 aromatic rings. The van der Waals surface area contributed by atoms with E-state index < -0.39 is 0 Å². The minimum Gasteiger partial charge on any atom is -0.351 e. The van der Waals surface area contributed by atoms with Gasteiger partial charge in [-0.2, -0.15) is 0 Å². The third-order valence-corrected chi connectivity index (χ3v) is 4.07. The summed E-state index contributed by atoms with van der Waals surface area (Å²) >= 11 is 1.78. The summed E-state index contributed by atoms with van der Waals surface area (Å²) in [5.41, 5.74) is 0.417. The largest absolute Gasteiger partial charge is 0.351 e. The number of hydrogen-bond acceptors (Lipinski definition) is 2. The summed E-state index contributed by atoms with van der Waals surface area (Å²) in [7, 11) is 1.86. The van der Waals surface area contributed by atoms with Crippen molar-refractivity contribution in [2.75, 3.05) is 20.1 Å². The maximum absolute atomic E-state index is 4.37. The van der Waals surface area contributed by atoms with Crippen LogP contribution >= 0.6 is 11.3 Å². The molecule has 0 aliphatic carbocycles. The summed E-state index contributed by atoms with van der Waals surface area (Å²) in [5.74, 6) is 1.03. The number of guanidine groups is 1. The molecule has 2 rings (SSSR count). The molecule has 1 aliphatic heterocycles. The van der Waals surface area contributed by atoms with Crippen LogP contribution in [0.25, 0.3) is 0 Å². The van der Waals surface area contributed by atoms with Crippen LogP contribution in [-0.2, 0) is 6.54 Å². The van der Waals surface area contributed by atoms with Crippen LogP contribution in [0, 0.1) is 5.41 Å². The van der Waals surface area contributed by atoms with Gasteiger partial charge < -0.3 is 10.2 Å². The van der Waals surface area contributed by atoms with E-state index in [2.05, 4.69) is 46.6 Å². The molecular formula is C13H21N3S. The predicted molar refractivity (Wildman–Crippen MR) is 74.5 cm³/mol. The van der Waals surface area contributed by atoms with Gasteiger partial charge in [-0.1, -0.05) is 19.9 Å². The lowest BCUT2D eigenvalue weighted by atomic mass is 9.93. The van der Waals surface area contributed by atoms with E-state index >= 15 is 0 Å². The van der Waals surface area contributed by atoms with Crippen LogP contribution in [0.3, 0.4) is 0 Å². The van der Waals surface area contributed by atoms with Gasteiger partial charge >= 0.3 is 0 Å². The summed E-state index contributed by atoms with van der Waals surface area (Å²) in [6.45, 7) is 7.72. The first-order valence-corrected chi connectivity index (χ1v) is 6.97. The quantitative estimate of drug-likeness (QED) is 0.646. The molecule has 4 heteroatoms. The first-order valence-electron chi connectivity index (χ1n) is 6.09. The molecule has 0 aromatic carbocycles. The molecule has 94 valence electrons. The smallest absolute Gasteiger partial charge is 0.193 e. The summed E-state index contributed by atoms with van der Waals surface area (Å²) in [4.78, 5) is 8.08. The third kappa shape index (κ3) is 3.22. The van der Waals surface area contributed by atoms with Crippen LogP contribution in [0.1, 0.15) is 25.1 Å². The fraction of sp³-hybridized carbons (Fsp3) is 0.615. The fourth-order valence-corrected chi connectivity index (χ4v) is 2.85. The van der Waals surface area contributed by atoms with Crippen LogP contribution in [0.5, 0.6) is 0 Å². The lowest BCUT2D eigenvalue weighted by Gasteiger charge is -2.23. The minimum absolute atomic E-state index is 0.417. The number of rotatable bonds is 2. The Kier molecular flexibility index (Phi) is 3.72. The SMILES string of the molecule is CN=C(NCc1cccs1)N1CCC(C)(C)C1. The third-order valence-electron chi connectivity index (χ3n) is 3.19. The zero-order chi connectivity index (χ0) is 12.3. The van der Waals surface area contributed by atoms with Gasteiger partial charge in [0, 0.05) is 25.0 Å². The van der Waals surface area contributed by atoms with Crippen molar-refractivity contribution in [2.24, 2.45) is 10.4 Å². The van der Waals surface area contributed by atoms with Gasteiger partial charge in [0.2, 0.25) is 0 Å². The molecule has 1 fully saturated rings. The van der Waals surface area contributed by atoms with E-state index in [1.165, 1.54) is 11.3 Å². The summed E-state index contributed by atoms with van der Waals surface area (Å²) < 4.78 is 0. The Labute approximate surface area is 108 Å². The van der Waals surface area contributed by atoms with Crippen molar-refractivity contribution in [3.8, 4) is 0 Å².